The van der Waals surface area contributed by atoms with Gasteiger partial charge >= 0.3 is 5.97 Å². The lowest BCUT2D eigenvalue weighted by molar-refractivity contribution is -0.137. The molecule has 0 aromatic carbocycles. The first-order valence-electron chi connectivity index (χ1n) is 5.85. The van der Waals surface area contributed by atoms with Gasteiger partial charge in [-0.05, 0) is 18.8 Å². The normalized spacial score (nSPS) is 20.4. The Morgan fingerprint density at radius 3 is 3.12 bits per heavy atom. The van der Waals surface area contributed by atoms with Gasteiger partial charge in [0.2, 0.25) is 5.89 Å². The number of nitrogens with zero attached hydrogens (tertiary/aromatic N) is 2. The van der Waals surface area contributed by atoms with Crippen molar-refractivity contribution in [2.24, 2.45) is 5.92 Å². The molecule has 17 heavy (non-hydrogen) atoms. The highest BCUT2D eigenvalue weighted by Crippen LogP contribution is 2.17. The minimum atomic E-state index is -0.856. The van der Waals surface area contributed by atoms with Crippen molar-refractivity contribution in [3.05, 3.63) is 11.7 Å². The number of aromatic nitrogens is 2. The van der Waals surface area contributed by atoms with Crippen LogP contribution in [-0.4, -0.2) is 34.4 Å². The van der Waals surface area contributed by atoms with E-state index in [-0.39, 0.29) is 6.42 Å². The van der Waals surface area contributed by atoms with Crippen LogP contribution in [0.3, 0.4) is 0 Å². The fourth-order valence-electron chi connectivity index (χ4n) is 1.92. The van der Waals surface area contributed by atoms with Crippen molar-refractivity contribution < 1.29 is 19.2 Å². The van der Waals surface area contributed by atoms with E-state index < -0.39 is 5.97 Å². The van der Waals surface area contributed by atoms with Crippen molar-refractivity contribution in [3.8, 4) is 0 Å². The molecular weight excluding hydrogens is 224 g/mol. The summed E-state index contributed by atoms with van der Waals surface area (Å²) in [6.45, 7) is 1.59. The maximum absolute atomic E-state index is 10.4. The second-order valence-electron chi connectivity index (χ2n) is 4.29. The van der Waals surface area contributed by atoms with Crippen molar-refractivity contribution in [3.63, 3.8) is 0 Å². The Morgan fingerprint density at radius 2 is 2.41 bits per heavy atom. The van der Waals surface area contributed by atoms with Crippen molar-refractivity contribution in [2.45, 2.75) is 32.1 Å². The molecule has 1 fully saturated rings. The molecule has 0 aliphatic carbocycles. The standard InChI is InChI=1S/C11H16N2O4/c14-11(15)4-3-10-12-9(13-17-10)6-8-2-1-5-16-7-8/h8H,1-7H2,(H,14,15). The number of ether oxygens (including phenoxy) is 1. The third-order valence-corrected chi connectivity index (χ3v) is 2.79. The smallest absolute Gasteiger partial charge is 0.303 e. The molecular formula is C11H16N2O4. The first-order chi connectivity index (χ1) is 8.24. The van der Waals surface area contributed by atoms with E-state index in [0.717, 1.165) is 32.5 Å². The molecule has 0 radical (unpaired) electrons. The van der Waals surface area contributed by atoms with Crippen LogP contribution in [0.2, 0.25) is 0 Å². The van der Waals surface area contributed by atoms with Gasteiger partial charge in [0, 0.05) is 26.1 Å². The fourth-order valence-corrected chi connectivity index (χ4v) is 1.92. The van der Waals surface area contributed by atoms with Crippen molar-refractivity contribution in [2.75, 3.05) is 13.2 Å². The highest BCUT2D eigenvalue weighted by molar-refractivity contribution is 5.66. The van der Waals surface area contributed by atoms with Crippen LogP contribution in [0.1, 0.15) is 31.0 Å². The molecule has 0 saturated carbocycles. The van der Waals surface area contributed by atoms with E-state index in [0.29, 0.717) is 24.1 Å². The van der Waals surface area contributed by atoms with E-state index in [9.17, 15) is 4.79 Å². The lowest BCUT2D eigenvalue weighted by Crippen LogP contribution is -2.19. The van der Waals surface area contributed by atoms with Gasteiger partial charge in [-0.3, -0.25) is 4.79 Å². The zero-order valence-electron chi connectivity index (χ0n) is 9.59. The molecule has 1 unspecified atom stereocenters. The van der Waals surface area contributed by atoms with Gasteiger partial charge in [-0.25, -0.2) is 0 Å². The van der Waals surface area contributed by atoms with Gasteiger partial charge in [-0.15, -0.1) is 0 Å². The molecule has 2 heterocycles. The Morgan fingerprint density at radius 1 is 1.53 bits per heavy atom. The first kappa shape index (κ1) is 12.0. The van der Waals surface area contributed by atoms with Crippen LogP contribution >= 0.6 is 0 Å². The minimum absolute atomic E-state index is 0.0220. The van der Waals surface area contributed by atoms with Gasteiger partial charge < -0.3 is 14.4 Å². The van der Waals surface area contributed by atoms with Crippen LogP contribution in [0, 0.1) is 5.92 Å². The van der Waals surface area contributed by atoms with Crippen molar-refractivity contribution in [1.82, 2.24) is 10.1 Å². The van der Waals surface area contributed by atoms with E-state index in [4.69, 9.17) is 14.4 Å². The number of hydrogen-bond donors (Lipinski definition) is 1. The summed E-state index contributed by atoms with van der Waals surface area (Å²) in [5.41, 5.74) is 0. The van der Waals surface area contributed by atoms with Crippen LogP contribution < -0.4 is 0 Å². The molecule has 0 amide bonds. The highest BCUT2D eigenvalue weighted by atomic mass is 16.5. The summed E-state index contributed by atoms with van der Waals surface area (Å²) in [7, 11) is 0. The average Bonchev–Trinajstić information content (AvgIpc) is 2.75. The highest BCUT2D eigenvalue weighted by Gasteiger charge is 2.17. The van der Waals surface area contributed by atoms with E-state index in [1.807, 2.05) is 0 Å². The maximum Gasteiger partial charge on any atom is 0.303 e. The summed E-state index contributed by atoms with van der Waals surface area (Å²) >= 11 is 0. The number of aliphatic carboxylic acids is 1. The van der Waals surface area contributed by atoms with E-state index in [1.165, 1.54) is 0 Å². The quantitative estimate of drug-likeness (QED) is 0.828. The molecule has 94 valence electrons. The van der Waals surface area contributed by atoms with Crippen LogP contribution in [0.25, 0.3) is 0 Å². The number of rotatable bonds is 5. The third kappa shape index (κ3) is 3.81. The SMILES string of the molecule is O=C(O)CCc1nc(CC2CCCOC2)no1. The number of carbonyl (C=O) groups is 1. The molecule has 6 heteroatoms. The van der Waals surface area contributed by atoms with Crippen LogP contribution in [0.5, 0.6) is 0 Å². The number of carboxylic acids is 1. The summed E-state index contributed by atoms with van der Waals surface area (Å²) in [6.07, 6.45) is 3.27. The van der Waals surface area contributed by atoms with Gasteiger partial charge in [-0.1, -0.05) is 5.16 Å². The molecule has 1 atom stereocenters. The van der Waals surface area contributed by atoms with Crippen LogP contribution in [0.15, 0.2) is 4.52 Å². The van der Waals surface area contributed by atoms with Gasteiger partial charge in [0.1, 0.15) is 0 Å². The molecule has 1 aliphatic rings. The predicted molar refractivity (Wildman–Crippen MR) is 57.5 cm³/mol. The Labute approximate surface area is 99.0 Å². The van der Waals surface area contributed by atoms with Gasteiger partial charge in [0.25, 0.3) is 0 Å². The fraction of sp³-hybridized carbons (Fsp3) is 0.727. The Balaban J connectivity index is 1.82. The summed E-state index contributed by atoms with van der Waals surface area (Å²) in [4.78, 5) is 14.6. The van der Waals surface area contributed by atoms with E-state index >= 15 is 0 Å². The molecule has 1 saturated heterocycles. The summed E-state index contributed by atoms with van der Waals surface area (Å²) in [5.74, 6) is 0.652. The largest absolute Gasteiger partial charge is 0.481 e. The molecule has 1 aromatic heterocycles. The Bertz CT molecular complexity index is 371. The summed E-state index contributed by atoms with van der Waals surface area (Å²) in [6, 6.07) is 0. The topological polar surface area (TPSA) is 85.5 Å². The Hall–Kier alpha value is -1.43. The maximum atomic E-state index is 10.4. The zero-order chi connectivity index (χ0) is 12.1. The summed E-state index contributed by atoms with van der Waals surface area (Å²) < 4.78 is 10.4. The Kier molecular flexibility index (Phi) is 4.08. The predicted octanol–water partition coefficient (Wildman–Crippen LogP) is 1.06. The average molecular weight is 240 g/mol. The lowest BCUT2D eigenvalue weighted by atomic mass is 9.98. The van der Waals surface area contributed by atoms with Crippen LogP contribution in [0.4, 0.5) is 0 Å². The zero-order valence-corrected chi connectivity index (χ0v) is 9.59. The number of aryl methyl sites for hydroxylation is 1. The second kappa shape index (κ2) is 5.77. The summed E-state index contributed by atoms with van der Waals surface area (Å²) in [5, 5.41) is 12.4. The number of hydrogen-bond acceptors (Lipinski definition) is 5. The third-order valence-electron chi connectivity index (χ3n) is 2.79. The van der Waals surface area contributed by atoms with E-state index in [1.54, 1.807) is 0 Å². The number of carboxylic acid groups (broad SMARTS) is 1. The monoisotopic (exact) mass is 240 g/mol. The molecule has 1 N–H and O–H groups in total. The van der Waals surface area contributed by atoms with Crippen molar-refractivity contribution >= 4 is 5.97 Å². The van der Waals surface area contributed by atoms with E-state index in [2.05, 4.69) is 10.1 Å². The van der Waals surface area contributed by atoms with Crippen LogP contribution in [-0.2, 0) is 22.4 Å². The molecule has 6 nitrogen and oxygen atoms in total. The molecule has 0 spiro atoms. The molecule has 1 aliphatic heterocycles. The minimum Gasteiger partial charge on any atom is -0.481 e. The van der Waals surface area contributed by atoms with Gasteiger partial charge in [0.05, 0.1) is 6.42 Å². The van der Waals surface area contributed by atoms with Gasteiger partial charge in [-0.2, -0.15) is 4.98 Å². The first-order valence-corrected chi connectivity index (χ1v) is 5.85. The molecule has 1 aromatic rings. The van der Waals surface area contributed by atoms with Gasteiger partial charge in [0.15, 0.2) is 5.82 Å². The van der Waals surface area contributed by atoms with Crippen molar-refractivity contribution in [1.29, 1.82) is 0 Å². The lowest BCUT2D eigenvalue weighted by Gasteiger charge is -2.20. The molecule has 2 rings (SSSR count). The second-order valence-corrected chi connectivity index (χ2v) is 4.29. The molecule has 0 bridgehead atoms.